The Hall–Kier alpha value is -0.160. The first-order chi connectivity index (χ1) is 4.24. The van der Waals surface area contributed by atoms with Gasteiger partial charge < -0.3 is 20.1 Å². The van der Waals surface area contributed by atoms with Gasteiger partial charge >= 0.3 is 0 Å². The van der Waals surface area contributed by atoms with Crippen LogP contribution in [0.25, 0.3) is 0 Å². The van der Waals surface area contributed by atoms with Gasteiger partial charge in [0.25, 0.3) is 0 Å². The monoisotopic (exact) mass is 134 g/mol. The zero-order valence-corrected chi connectivity index (χ0v) is 4.90. The van der Waals surface area contributed by atoms with Crippen molar-refractivity contribution >= 4 is 0 Å². The second kappa shape index (κ2) is 2.62. The Bertz CT molecular complexity index is 85.0. The van der Waals surface area contributed by atoms with Crippen LogP contribution in [0.5, 0.6) is 0 Å². The molecule has 4 nitrogen and oxygen atoms in total. The van der Waals surface area contributed by atoms with Crippen molar-refractivity contribution in [1.82, 2.24) is 0 Å². The highest BCUT2D eigenvalue weighted by Crippen LogP contribution is 2.17. The minimum atomic E-state index is -1.11. The van der Waals surface area contributed by atoms with E-state index in [0.29, 0.717) is 6.42 Å². The molecular formula is C5H10O4. The zero-order valence-electron chi connectivity index (χ0n) is 4.90. The molecule has 0 spiro atoms. The molecule has 0 amide bonds. The minimum absolute atomic E-state index is 0.145. The van der Waals surface area contributed by atoms with Crippen molar-refractivity contribution in [2.75, 3.05) is 6.61 Å². The van der Waals surface area contributed by atoms with E-state index in [0.717, 1.165) is 0 Å². The standard InChI is InChI=1S/C5H10O4/c6-2-3-1-4(7)5(8)9-3/h3-8H,1-2H2/t3-,4-,5+/m1/s1. The smallest absolute Gasteiger partial charge is 0.181 e. The van der Waals surface area contributed by atoms with Gasteiger partial charge in [-0.25, -0.2) is 0 Å². The summed E-state index contributed by atoms with van der Waals surface area (Å²) in [7, 11) is 0. The summed E-state index contributed by atoms with van der Waals surface area (Å²) in [5.74, 6) is 0. The van der Waals surface area contributed by atoms with Gasteiger partial charge in [0.1, 0.15) is 6.10 Å². The van der Waals surface area contributed by atoms with Crippen LogP contribution in [0.2, 0.25) is 0 Å². The van der Waals surface area contributed by atoms with E-state index in [1.165, 1.54) is 0 Å². The van der Waals surface area contributed by atoms with Crippen LogP contribution in [0.1, 0.15) is 6.42 Å². The molecule has 1 saturated heterocycles. The summed E-state index contributed by atoms with van der Waals surface area (Å²) < 4.78 is 4.68. The summed E-state index contributed by atoms with van der Waals surface area (Å²) in [6.07, 6.45) is -2.02. The Morgan fingerprint density at radius 2 is 2.11 bits per heavy atom. The minimum Gasteiger partial charge on any atom is -0.394 e. The van der Waals surface area contributed by atoms with Crippen LogP contribution in [0, 0.1) is 0 Å². The van der Waals surface area contributed by atoms with Crippen LogP contribution >= 0.6 is 0 Å². The van der Waals surface area contributed by atoms with Crippen LogP contribution in [0.15, 0.2) is 0 Å². The summed E-state index contributed by atoms with van der Waals surface area (Å²) in [5, 5.41) is 26.0. The van der Waals surface area contributed by atoms with E-state index in [-0.39, 0.29) is 6.61 Å². The van der Waals surface area contributed by atoms with Crippen molar-refractivity contribution in [3.63, 3.8) is 0 Å². The molecule has 0 radical (unpaired) electrons. The number of hydrogen-bond acceptors (Lipinski definition) is 4. The van der Waals surface area contributed by atoms with E-state index < -0.39 is 18.5 Å². The van der Waals surface area contributed by atoms with Crippen LogP contribution in [0.3, 0.4) is 0 Å². The summed E-state index contributed by atoms with van der Waals surface area (Å²) in [6.45, 7) is -0.145. The molecule has 1 rings (SSSR count). The van der Waals surface area contributed by atoms with E-state index in [4.69, 9.17) is 15.3 Å². The molecule has 1 aliphatic heterocycles. The Balaban J connectivity index is 2.35. The molecule has 3 N–H and O–H groups in total. The first kappa shape index (κ1) is 6.95. The maximum absolute atomic E-state index is 8.81. The number of rotatable bonds is 1. The fraction of sp³-hybridized carbons (Fsp3) is 1.00. The van der Waals surface area contributed by atoms with Crippen LogP contribution < -0.4 is 0 Å². The van der Waals surface area contributed by atoms with Gasteiger partial charge in [-0.3, -0.25) is 0 Å². The Morgan fingerprint density at radius 1 is 1.44 bits per heavy atom. The van der Waals surface area contributed by atoms with Crippen molar-refractivity contribution < 1.29 is 20.1 Å². The second-order valence-electron chi connectivity index (χ2n) is 2.13. The maximum atomic E-state index is 8.81. The lowest BCUT2D eigenvalue weighted by molar-refractivity contribution is -0.132. The Kier molecular flexibility index (Phi) is 2.02. The normalized spacial score (nSPS) is 43.7. The number of aliphatic hydroxyl groups excluding tert-OH is 3. The van der Waals surface area contributed by atoms with Gasteiger partial charge in [-0.2, -0.15) is 0 Å². The van der Waals surface area contributed by atoms with Gasteiger partial charge in [0.15, 0.2) is 6.29 Å². The SMILES string of the molecule is OC[C@H]1C[C@@H](O)[C@@H](O)O1. The van der Waals surface area contributed by atoms with Gasteiger partial charge in [0.05, 0.1) is 12.7 Å². The van der Waals surface area contributed by atoms with Crippen LogP contribution in [-0.4, -0.2) is 40.4 Å². The molecule has 3 atom stereocenters. The predicted molar refractivity (Wildman–Crippen MR) is 28.6 cm³/mol. The quantitative estimate of drug-likeness (QED) is 0.406. The van der Waals surface area contributed by atoms with Gasteiger partial charge in [0.2, 0.25) is 0 Å². The molecule has 0 bridgehead atoms. The van der Waals surface area contributed by atoms with Crippen molar-refractivity contribution in [3.05, 3.63) is 0 Å². The second-order valence-corrected chi connectivity index (χ2v) is 2.13. The number of aliphatic hydroxyl groups is 3. The zero-order chi connectivity index (χ0) is 6.85. The van der Waals surface area contributed by atoms with Gasteiger partial charge in [-0.05, 0) is 0 Å². The van der Waals surface area contributed by atoms with Gasteiger partial charge in [-0.1, -0.05) is 0 Å². The molecule has 0 saturated carbocycles. The van der Waals surface area contributed by atoms with Crippen molar-refractivity contribution in [2.24, 2.45) is 0 Å². The maximum Gasteiger partial charge on any atom is 0.181 e. The highest BCUT2D eigenvalue weighted by atomic mass is 16.6. The van der Waals surface area contributed by atoms with Crippen molar-refractivity contribution in [3.8, 4) is 0 Å². The summed E-state index contributed by atoms with van der Waals surface area (Å²) in [4.78, 5) is 0. The predicted octanol–water partition coefficient (Wildman–Crippen LogP) is -1.55. The molecule has 1 heterocycles. The molecule has 0 aromatic rings. The molecule has 0 aliphatic carbocycles. The Labute approximate surface area is 52.7 Å². The highest BCUT2D eigenvalue weighted by molar-refractivity contribution is 4.74. The molecule has 54 valence electrons. The van der Waals surface area contributed by atoms with E-state index in [1.54, 1.807) is 0 Å². The van der Waals surface area contributed by atoms with E-state index in [1.807, 2.05) is 0 Å². The third-order valence-electron chi connectivity index (χ3n) is 1.37. The third kappa shape index (κ3) is 1.40. The third-order valence-corrected chi connectivity index (χ3v) is 1.37. The molecule has 9 heavy (non-hydrogen) atoms. The van der Waals surface area contributed by atoms with E-state index in [2.05, 4.69) is 4.74 Å². The molecule has 0 unspecified atom stereocenters. The van der Waals surface area contributed by atoms with Crippen molar-refractivity contribution in [2.45, 2.75) is 24.9 Å². The van der Waals surface area contributed by atoms with Crippen molar-refractivity contribution in [1.29, 1.82) is 0 Å². The van der Waals surface area contributed by atoms with Gasteiger partial charge in [-0.15, -0.1) is 0 Å². The van der Waals surface area contributed by atoms with E-state index >= 15 is 0 Å². The van der Waals surface area contributed by atoms with E-state index in [9.17, 15) is 0 Å². The lowest BCUT2D eigenvalue weighted by Crippen LogP contribution is -2.19. The molecule has 4 heteroatoms. The van der Waals surface area contributed by atoms with Crippen LogP contribution in [-0.2, 0) is 4.74 Å². The molecular weight excluding hydrogens is 124 g/mol. The lowest BCUT2D eigenvalue weighted by Gasteiger charge is -2.04. The molecule has 0 aromatic carbocycles. The summed E-state index contributed by atoms with van der Waals surface area (Å²) in [5.41, 5.74) is 0. The average Bonchev–Trinajstić information content (AvgIpc) is 2.13. The fourth-order valence-electron chi connectivity index (χ4n) is 0.847. The largest absolute Gasteiger partial charge is 0.394 e. The van der Waals surface area contributed by atoms with Gasteiger partial charge in [0, 0.05) is 6.42 Å². The average molecular weight is 134 g/mol. The molecule has 1 fully saturated rings. The Morgan fingerprint density at radius 3 is 2.33 bits per heavy atom. The fourth-order valence-corrected chi connectivity index (χ4v) is 0.847. The van der Waals surface area contributed by atoms with Crippen LogP contribution in [0.4, 0.5) is 0 Å². The highest BCUT2D eigenvalue weighted by Gasteiger charge is 2.31. The summed E-state index contributed by atoms with van der Waals surface area (Å²) in [6, 6.07) is 0. The topological polar surface area (TPSA) is 69.9 Å². The number of hydrogen-bond donors (Lipinski definition) is 3. The molecule has 1 aliphatic rings. The molecule has 0 aromatic heterocycles. The number of ether oxygens (including phenoxy) is 1. The first-order valence-electron chi connectivity index (χ1n) is 2.86. The first-order valence-corrected chi connectivity index (χ1v) is 2.86. The lowest BCUT2D eigenvalue weighted by atomic mass is 10.2. The summed E-state index contributed by atoms with van der Waals surface area (Å²) >= 11 is 0.